The molecule has 1 saturated heterocycles. The predicted octanol–water partition coefficient (Wildman–Crippen LogP) is 4.23. The molecule has 3 nitrogen and oxygen atoms in total. The minimum atomic E-state index is -0.243. The van der Waals surface area contributed by atoms with Gasteiger partial charge in [-0.1, -0.05) is 24.3 Å². The summed E-state index contributed by atoms with van der Waals surface area (Å²) in [6.45, 7) is 3.76. The average molecular weight is 352 g/mol. The number of nitrogens with zero attached hydrogens (tertiary/aromatic N) is 2. The minimum absolute atomic E-state index is 0.0834. The lowest BCUT2D eigenvalue weighted by molar-refractivity contribution is 0.0729. The maximum Gasteiger partial charge on any atom is 0.254 e. The van der Waals surface area contributed by atoms with Crippen LogP contribution in [0.1, 0.15) is 47.2 Å². The highest BCUT2D eigenvalue weighted by atomic mass is 19.1. The van der Waals surface area contributed by atoms with E-state index in [4.69, 9.17) is 0 Å². The van der Waals surface area contributed by atoms with Crippen LogP contribution in [0.4, 0.5) is 4.39 Å². The van der Waals surface area contributed by atoms with Gasteiger partial charge in [-0.05, 0) is 74.2 Å². The molecule has 0 N–H and O–H groups in total. The molecule has 4 heteroatoms. The lowest BCUT2D eigenvalue weighted by Gasteiger charge is -2.23. The third-order valence-corrected chi connectivity index (χ3v) is 5.29. The molecule has 0 spiro atoms. The van der Waals surface area contributed by atoms with Crippen molar-refractivity contribution in [3.63, 3.8) is 0 Å². The van der Waals surface area contributed by atoms with Gasteiger partial charge in [-0.3, -0.25) is 9.69 Å². The Morgan fingerprint density at radius 2 is 1.77 bits per heavy atom. The number of amides is 1. The first-order chi connectivity index (χ1) is 12.7. The van der Waals surface area contributed by atoms with Crippen LogP contribution < -0.4 is 0 Å². The molecule has 2 aromatic carbocycles. The van der Waals surface area contributed by atoms with Gasteiger partial charge in [-0.25, -0.2) is 4.39 Å². The van der Waals surface area contributed by atoms with Crippen LogP contribution in [0, 0.1) is 5.82 Å². The molecule has 0 radical (unpaired) electrons. The van der Waals surface area contributed by atoms with Crippen molar-refractivity contribution in [2.24, 2.45) is 0 Å². The summed E-state index contributed by atoms with van der Waals surface area (Å²) in [5.41, 5.74) is 2.94. The Morgan fingerprint density at radius 1 is 1.04 bits per heavy atom. The first-order valence-corrected chi connectivity index (χ1v) is 9.56. The van der Waals surface area contributed by atoms with Crippen LogP contribution in [-0.4, -0.2) is 34.8 Å². The van der Waals surface area contributed by atoms with E-state index in [2.05, 4.69) is 11.0 Å². The van der Waals surface area contributed by atoms with Gasteiger partial charge in [0.15, 0.2) is 0 Å². The Bertz CT molecular complexity index is 764. The van der Waals surface area contributed by atoms with Crippen molar-refractivity contribution in [2.75, 3.05) is 13.1 Å². The highest BCUT2D eigenvalue weighted by Crippen LogP contribution is 2.30. The Labute approximate surface area is 154 Å². The number of hydrogen-bond donors (Lipinski definition) is 0. The Hall–Kier alpha value is -2.20. The quantitative estimate of drug-likeness (QED) is 0.777. The van der Waals surface area contributed by atoms with E-state index >= 15 is 0 Å². The van der Waals surface area contributed by atoms with Crippen molar-refractivity contribution in [3.05, 3.63) is 71.0 Å². The highest BCUT2D eigenvalue weighted by molar-refractivity contribution is 5.94. The lowest BCUT2D eigenvalue weighted by Crippen LogP contribution is -2.32. The summed E-state index contributed by atoms with van der Waals surface area (Å²) in [4.78, 5) is 17.5. The van der Waals surface area contributed by atoms with Gasteiger partial charge < -0.3 is 4.90 Å². The fraction of sp³-hybridized carbons (Fsp3) is 0.409. The molecule has 2 aromatic rings. The number of likely N-dealkylation sites (tertiary alicyclic amines) is 1. The van der Waals surface area contributed by atoms with E-state index in [1.807, 2.05) is 23.1 Å². The van der Waals surface area contributed by atoms with Gasteiger partial charge in [0.2, 0.25) is 0 Å². The second-order valence-corrected chi connectivity index (χ2v) is 7.47. The fourth-order valence-corrected chi connectivity index (χ4v) is 3.71. The molecule has 1 aliphatic heterocycles. The zero-order chi connectivity index (χ0) is 17.9. The Morgan fingerprint density at radius 3 is 2.46 bits per heavy atom. The minimum Gasteiger partial charge on any atom is -0.331 e. The van der Waals surface area contributed by atoms with Crippen LogP contribution in [-0.2, 0) is 13.1 Å². The van der Waals surface area contributed by atoms with Gasteiger partial charge in [0.1, 0.15) is 5.82 Å². The zero-order valence-electron chi connectivity index (χ0n) is 15.0. The molecule has 4 rings (SSSR count). The molecule has 26 heavy (non-hydrogen) atoms. The summed E-state index contributed by atoms with van der Waals surface area (Å²) in [6, 6.07) is 14.8. The smallest absolute Gasteiger partial charge is 0.254 e. The van der Waals surface area contributed by atoms with Gasteiger partial charge in [0, 0.05) is 24.7 Å². The molecule has 0 bridgehead atoms. The van der Waals surface area contributed by atoms with Gasteiger partial charge >= 0.3 is 0 Å². The van der Waals surface area contributed by atoms with Crippen LogP contribution in [0.2, 0.25) is 0 Å². The second kappa shape index (κ2) is 7.58. The monoisotopic (exact) mass is 352 g/mol. The SMILES string of the molecule is O=C(c1cccc(CN2CCCC2)c1)N(Cc1ccc(F)cc1)C1CC1. The summed E-state index contributed by atoms with van der Waals surface area (Å²) in [6.07, 6.45) is 4.65. The molecule has 1 heterocycles. The Balaban J connectivity index is 1.49. The third-order valence-electron chi connectivity index (χ3n) is 5.29. The molecule has 0 atom stereocenters. The number of rotatable bonds is 6. The first-order valence-electron chi connectivity index (χ1n) is 9.56. The van der Waals surface area contributed by atoms with Gasteiger partial charge in [-0.2, -0.15) is 0 Å². The van der Waals surface area contributed by atoms with Crippen molar-refractivity contribution < 1.29 is 9.18 Å². The molecular formula is C22H25FN2O. The molecule has 0 unspecified atom stereocenters. The molecule has 2 fully saturated rings. The molecular weight excluding hydrogens is 327 g/mol. The first kappa shape index (κ1) is 17.2. The fourth-order valence-electron chi connectivity index (χ4n) is 3.71. The second-order valence-electron chi connectivity index (χ2n) is 7.47. The molecule has 1 aliphatic carbocycles. The van der Waals surface area contributed by atoms with Crippen molar-refractivity contribution in [2.45, 2.75) is 44.8 Å². The van der Waals surface area contributed by atoms with Crippen LogP contribution in [0.3, 0.4) is 0 Å². The number of benzene rings is 2. The van der Waals surface area contributed by atoms with E-state index in [9.17, 15) is 9.18 Å². The average Bonchev–Trinajstić information content (AvgIpc) is 3.37. The molecule has 136 valence electrons. The van der Waals surface area contributed by atoms with Crippen LogP contribution >= 0.6 is 0 Å². The van der Waals surface area contributed by atoms with E-state index in [1.165, 1.54) is 30.5 Å². The van der Waals surface area contributed by atoms with Crippen molar-refractivity contribution in [1.82, 2.24) is 9.80 Å². The number of halogens is 1. The maximum atomic E-state index is 13.1. The topological polar surface area (TPSA) is 23.6 Å². The summed E-state index contributed by atoms with van der Waals surface area (Å²) in [5.74, 6) is -0.159. The van der Waals surface area contributed by atoms with Gasteiger partial charge in [-0.15, -0.1) is 0 Å². The van der Waals surface area contributed by atoms with E-state index in [0.717, 1.165) is 43.6 Å². The normalized spacial score (nSPS) is 17.4. The third kappa shape index (κ3) is 4.13. The lowest BCUT2D eigenvalue weighted by atomic mass is 10.1. The van der Waals surface area contributed by atoms with E-state index in [-0.39, 0.29) is 11.7 Å². The summed E-state index contributed by atoms with van der Waals surface area (Å²) >= 11 is 0. The molecule has 1 saturated carbocycles. The van der Waals surface area contributed by atoms with E-state index in [0.29, 0.717) is 12.6 Å². The van der Waals surface area contributed by atoms with Crippen molar-refractivity contribution >= 4 is 5.91 Å². The van der Waals surface area contributed by atoms with Crippen molar-refractivity contribution in [1.29, 1.82) is 0 Å². The van der Waals surface area contributed by atoms with Crippen molar-refractivity contribution in [3.8, 4) is 0 Å². The van der Waals surface area contributed by atoms with Gasteiger partial charge in [0.05, 0.1) is 0 Å². The van der Waals surface area contributed by atoms with Crippen LogP contribution in [0.5, 0.6) is 0 Å². The summed E-state index contributed by atoms with van der Waals surface area (Å²) in [7, 11) is 0. The highest BCUT2D eigenvalue weighted by Gasteiger charge is 2.33. The van der Waals surface area contributed by atoms with Gasteiger partial charge in [0.25, 0.3) is 5.91 Å². The standard InChI is InChI=1S/C22H25FN2O/c23-20-8-6-17(7-9-20)16-25(21-10-11-21)22(26)19-5-3-4-18(14-19)15-24-12-1-2-13-24/h3-9,14,21H,1-2,10-13,15-16H2. The zero-order valence-corrected chi connectivity index (χ0v) is 15.0. The van der Waals surface area contributed by atoms with Crippen LogP contribution in [0.25, 0.3) is 0 Å². The number of carbonyl (C=O) groups excluding carboxylic acids is 1. The predicted molar refractivity (Wildman–Crippen MR) is 100 cm³/mol. The molecule has 1 amide bonds. The van der Waals surface area contributed by atoms with E-state index < -0.39 is 0 Å². The number of carbonyl (C=O) groups is 1. The maximum absolute atomic E-state index is 13.1. The van der Waals surface area contributed by atoms with E-state index in [1.54, 1.807) is 12.1 Å². The number of hydrogen-bond acceptors (Lipinski definition) is 2. The molecule has 0 aromatic heterocycles. The van der Waals surface area contributed by atoms with Crippen LogP contribution in [0.15, 0.2) is 48.5 Å². The Kier molecular flexibility index (Phi) is 5.02. The molecule has 2 aliphatic rings. The largest absolute Gasteiger partial charge is 0.331 e. The summed E-state index contributed by atoms with van der Waals surface area (Å²) in [5, 5.41) is 0. The summed E-state index contributed by atoms with van der Waals surface area (Å²) < 4.78 is 13.1.